The van der Waals surface area contributed by atoms with Crippen LogP contribution in [0.1, 0.15) is 90.9 Å². The monoisotopic (exact) mass is 333 g/mol. The minimum atomic E-state index is 0.359. The Morgan fingerprint density at radius 2 is 1.04 bits per heavy atom. The minimum Gasteiger partial charge on any atom is -0.508 e. The number of hydrogen-bond donors (Lipinski definition) is 1. The lowest BCUT2D eigenvalue weighted by atomic mass is 10.1. The third-order valence-corrected chi connectivity index (χ3v) is 4.78. The van der Waals surface area contributed by atoms with Crippen LogP contribution in [0.2, 0.25) is 0 Å². The standard InChI is InChI=1S/C22H39NO/c1-3-5-7-9-11-13-19-23(20-14-12-10-8-6-4-2)21-15-17-22(24)18-16-21/h15-18,24H,3-14,19-20H2,1-2H3. The number of unbranched alkanes of at least 4 members (excludes halogenated alkanes) is 10. The Morgan fingerprint density at radius 1 is 0.625 bits per heavy atom. The Morgan fingerprint density at radius 3 is 1.50 bits per heavy atom. The molecule has 0 aliphatic carbocycles. The van der Waals surface area contributed by atoms with Crippen LogP contribution in [0.15, 0.2) is 24.3 Å². The third-order valence-electron chi connectivity index (χ3n) is 4.78. The summed E-state index contributed by atoms with van der Waals surface area (Å²) in [4.78, 5) is 2.51. The van der Waals surface area contributed by atoms with Gasteiger partial charge >= 0.3 is 0 Å². The Labute approximate surface area is 150 Å². The van der Waals surface area contributed by atoms with Crippen LogP contribution < -0.4 is 4.90 Å². The molecular formula is C22H39NO. The second-order valence-corrected chi connectivity index (χ2v) is 7.04. The SMILES string of the molecule is CCCCCCCCN(CCCCCCCC)c1ccc(O)cc1. The highest BCUT2D eigenvalue weighted by Crippen LogP contribution is 2.20. The molecule has 0 aromatic heterocycles. The second kappa shape index (κ2) is 14.2. The fourth-order valence-electron chi connectivity index (χ4n) is 3.20. The molecular weight excluding hydrogens is 294 g/mol. The number of nitrogens with zero attached hydrogens (tertiary/aromatic N) is 1. The average Bonchev–Trinajstić information content (AvgIpc) is 2.60. The van der Waals surface area contributed by atoms with Gasteiger partial charge in [-0.1, -0.05) is 78.1 Å². The zero-order chi connectivity index (χ0) is 17.5. The highest BCUT2D eigenvalue weighted by atomic mass is 16.3. The molecule has 1 N–H and O–H groups in total. The molecule has 1 aromatic carbocycles. The average molecular weight is 334 g/mol. The summed E-state index contributed by atoms with van der Waals surface area (Å²) in [5.41, 5.74) is 1.26. The van der Waals surface area contributed by atoms with Crippen molar-refractivity contribution in [3.8, 4) is 5.75 Å². The zero-order valence-electron chi connectivity index (χ0n) is 16.1. The zero-order valence-corrected chi connectivity index (χ0v) is 16.1. The number of aromatic hydroxyl groups is 1. The van der Waals surface area contributed by atoms with Crippen molar-refractivity contribution >= 4 is 5.69 Å². The van der Waals surface area contributed by atoms with Crippen molar-refractivity contribution in [2.24, 2.45) is 0 Å². The molecule has 138 valence electrons. The fourth-order valence-corrected chi connectivity index (χ4v) is 3.20. The predicted molar refractivity (Wildman–Crippen MR) is 107 cm³/mol. The molecule has 2 heteroatoms. The molecule has 0 spiro atoms. The molecule has 0 bridgehead atoms. The van der Waals surface area contributed by atoms with E-state index in [0.717, 1.165) is 13.1 Å². The largest absolute Gasteiger partial charge is 0.508 e. The molecule has 0 unspecified atom stereocenters. The van der Waals surface area contributed by atoms with E-state index >= 15 is 0 Å². The van der Waals surface area contributed by atoms with E-state index in [-0.39, 0.29) is 0 Å². The first-order valence-corrected chi connectivity index (χ1v) is 10.3. The van der Waals surface area contributed by atoms with Gasteiger partial charge in [0, 0.05) is 18.8 Å². The lowest BCUT2D eigenvalue weighted by Gasteiger charge is -2.25. The van der Waals surface area contributed by atoms with Crippen LogP contribution in [0.25, 0.3) is 0 Å². The molecule has 0 aliphatic heterocycles. The molecule has 0 radical (unpaired) electrons. The van der Waals surface area contributed by atoms with Gasteiger partial charge in [0.15, 0.2) is 0 Å². The van der Waals surface area contributed by atoms with Gasteiger partial charge in [0.1, 0.15) is 5.75 Å². The van der Waals surface area contributed by atoms with Crippen molar-refractivity contribution in [2.45, 2.75) is 90.9 Å². The first-order chi connectivity index (χ1) is 11.8. The molecule has 2 nitrogen and oxygen atoms in total. The molecule has 0 amide bonds. The number of rotatable bonds is 15. The van der Waals surface area contributed by atoms with Crippen LogP contribution in [0.4, 0.5) is 5.69 Å². The molecule has 0 atom stereocenters. The van der Waals surface area contributed by atoms with Crippen molar-refractivity contribution in [1.82, 2.24) is 0 Å². The van der Waals surface area contributed by atoms with Gasteiger partial charge in [-0.05, 0) is 37.1 Å². The van der Waals surface area contributed by atoms with Crippen LogP contribution in [-0.4, -0.2) is 18.2 Å². The summed E-state index contributed by atoms with van der Waals surface area (Å²) in [6.45, 7) is 6.83. The molecule has 0 fully saturated rings. The number of hydrogen-bond acceptors (Lipinski definition) is 2. The van der Waals surface area contributed by atoms with Crippen LogP contribution in [0.5, 0.6) is 5.75 Å². The maximum absolute atomic E-state index is 9.51. The minimum absolute atomic E-state index is 0.359. The first-order valence-electron chi connectivity index (χ1n) is 10.3. The van der Waals surface area contributed by atoms with Gasteiger partial charge in [0.05, 0.1) is 0 Å². The third kappa shape index (κ3) is 9.85. The molecule has 0 aliphatic rings. The summed E-state index contributed by atoms with van der Waals surface area (Å²) in [5.74, 6) is 0.359. The highest BCUT2D eigenvalue weighted by Gasteiger charge is 2.06. The number of anilines is 1. The van der Waals surface area contributed by atoms with E-state index < -0.39 is 0 Å². The van der Waals surface area contributed by atoms with Gasteiger partial charge in [-0.25, -0.2) is 0 Å². The first kappa shape index (κ1) is 20.9. The van der Waals surface area contributed by atoms with Crippen LogP contribution in [0, 0.1) is 0 Å². The number of benzene rings is 1. The van der Waals surface area contributed by atoms with Crippen molar-refractivity contribution in [3.05, 3.63) is 24.3 Å². The lowest BCUT2D eigenvalue weighted by molar-refractivity contribution is 0.475. The normalized spacial score (nSPS) is 10.9. The van der Waals surface area contributed by atoms with E-state index in [4.69, 9.17) is 0 Å². The van der Waals surface area contributed by atoms with E-state index in [2.05, 4.69) is 30.9 Å². The van der Waals surface area contributed by atoms with Gasteiger partial charge < -0.3 is 10.0 Å². The summed E-state index contributed by atoms with van der Waals surface area (Å²) >= 11 is 0. The second-order valence-electron chi connectivity index (χ2n) is 7.04. The van der Waals surface area contributed by atoms with E-state index in [1.807, 2.05) is 12.1 Å². The summed E-state index contributed by atoms with van der Waals surface area (Å²) in [5, 5.41) is 9.51. The molecule has 0 heterocycles. The van der Waals surface area contributed by atoms with Gasteiger partial charge in [-0.15, -0.1) is 0 Å². The maximum atomic E-state index is 9.51. The Balaban J connectivity index is 2.34. The number of phenolic OH excluding ortho intramolecular Hbond substituents is 1. The quantitative estimate of drug-likeness (QED) is 0.352. The van der Waals surface area contributed by atoms with Gasteiger partial charge in [0.2, 0.25) is 0 Å². The summed E-state index contributed by atoms with van der Waals surface area (Å²) in [6.07, 6.45) is 16.1. The molecule has 1 aromatic rings. The summed E-state index contributed by atoms with van der Waals surface area (Å²) < 4.78 is 0. The van der Waals surface area contributed by atoms with E-state index in [0.29, 0.717) is 5.75 Å². The van der Waals surface area contributed by atoms with Crippen molar-refractivity contribution in [3.63, 3.8) is 0 Å². The molecule has 24 heavy (non-hydrogen) atoms. The van der Waals surface area contributed by atoms with Crippen molar-refractivity contribution in [1.29, 1.82) is 0 Å². The van der Waals surface area contributed by atoms with E-state index in [1.165, 1.54) is 82.7 Å². The topological polar surface area (TPSA) is 23.5 Å². The highest BCUT2D eigenvalue weighted by molar-refractivity contribution is 5.48. The van der Waals surface area contributed by atoms with Crippen molar-refractivity contribution in [2.75, 3.05) is 18.0 Å². The smallest absolute Gasteiger partial charge is 0.115 e. The van der Waals surface area contributed by atoms with E-state index in [1.54, 1.807) is 0 Å². The van der Waals surface area contributed by atoms with E-state index in [9.17, 15) is 5.11 Å². The van der Waals surface area contributed by atoms with Crippen LogP contribution >= 0.6 is 0 Å². The maximum Gasteiger partial charge on any atom is 0.115 e. The Kier molecular flexibility index (Phi) is 12.3. The summed E-state index contributed by atoms with van der Waals surface area (Å²) in [7, 11) is 0. The van der Waals surface area contributed by atoms with Crippen molar-refractivity contribution < 1.29 is 5.11 Å². The number of phenols is 1. The Hall–Kier alpha value is -1.18. The summed E-state index contributed by atoms with van der Waals surface area (Å²) in [6, 6.07) is 7.74. The predicted octanol–water partition coefficient (Wildman–Crippen LogP) is 6.92. The van der Waals surface area contributed by atoms with Gasteiger partial charge in [-0.3, -0.25) is 0 Å². The molecule has 0 saturated heterocycles. The lowest BCUT2D eigenvalue weighted by Crippen LogP contribution is -2.25. The molecule has 0 saturated carbocycles. The van der Waals surface area contributed by atoms with Gasteiger partial charge in [0.25, 0.3) is 0 Å². The van der Waals surface area contributed by atoms with Crippen LogP contribution in [0.3, 0.4) is 0 Å². The van der Waals surface area contributed by atoms with Crippen LogP contribution in [-0.2, 0) is 0 Å². The fraction of sp³-hybridized carbons (Fsp3) is 0.727. The van der Waals surface area contributed by atoms with Gasteiger partial charge in [-0.2, -0.15) is 0 Å². The Bertz CT molecular complexity index is 371. The molecule has 1 rings (SSSR count).